The molecule has 0 aliphatic carbocycles. The number of hydrogen-bond acceptors (Lipinski definition) is 4. The molecule has 2 heterocycles. The summed E-state index contributed by atoms with van der Waals surface area (Å²) in [6, 6.07) is 8.17. The monoisotopic (exact) mass is 290 g/mol. The largest absolute Gasteiger partial charge is 0.477 e. The second-order valence-electron chi connectivity index (χ2n) is 4.36. The number of nitrogens with one attached hydrogen (secondary N) is 1. The van der Waals surface area contributed by atoms with Crippen LogP contribution in [0.5, 0.6) is 0 Å². The quantitative estimate of drug-likeness (QED) is 0.907. The lowest BCUT2D eigenvalue weighted by Gasteiger charge is -2.11. The molecular weight excluding hydrogens is 276 g/mol. The van der Waals surface area contributed by atoms with Gasteiger partial charge >= 0.3 is 5.97 Å². The van der Waals surface area contributed by atoms with E-state index in [4.69, 9.17) is 5.11 Å². The third-order valence-corrected chi connectivity index (χ3v) is 3.92. The first-order chi connectivity index (χ1) is 9.47. The van der Waals surface area contributed by atoms with Crippen molar-refractivity contribution < 1.29 is 14.7 Å². The number of carbonyl (C=O) groups is 2. The number of aryl methyl sites for hydroxylation is 1. The van der Waals surface area contributed by atoms with E-state index in [0.717, 1.165) is 4.88 Å². The van der Waals surface area contributed by atoms with E-state index < -0.39 is 5.97 Å². The van der Waals surface area contributed by atoms with E-state index in [9.17, 15) is 9.59 Å². The molecule has 2 aromatic rings. The van der Waals surface area contributed by atoms with Gasteiger partial charge in [0.15, 0.2) is 0 Å². The van der Waals surface area contributed by atoms with Crippen LogP contribution in [0.15, 0.2) is 30.3 Å². The van der Waals surface area contributed by atoms with Crippen molar-refractivity contribution in [1.29, 1.82) is 0 Å². The zero-order chi connectivity index (χ0) is 14.7. The SMILES string of the molecule is Cc1ccc(C(C)NC(=O)c2cccc(C(=O)O)n2)s1. The van der Waals surface area contributed by atoms with Crippen LogP contribution in [0.25, 0.3) is 0 Å². The van der Waals surface area contributed by atoms with E-state index in [0.29, 0.717) is 0 Å². The van der Waals surface area contributed by atoms with Crippen molar-refractivity contribution in [3.63, 3.8) is 0 Å². The standard InChI is InChI=1S/C14H14N2O3S/c1-8-6-7-12(20-8)9(2)15-13(17)10-4-3-5-11(16-10)14(18)19/h3-7,9H,1-2H3,(H,15,17)(H,18,19). The summed E-state index contributed by atoms with van der Waals surface area (Å²) in [5, 5.41) is 11.7. The molecule has 0 saturated heterocycles. The van der Waals surface area contributed by atoms with Gasteiger partial charge < -0.3 is 10.4 Å². The van der Waals surface area contributed by atoms with Gasteiger partial charge in [0, 0.05) is 9.75 Å². The van der Waals surface area contributed by atoms with Gasteiger partial charge in [-0.1, -0.05) is 6.07 Å². The molecule has 0 radical (unpaired) electrons. The zero-order valence-electron chi connectivity index (χ0n) is 11.1. The van der Waals surface area contributed by atoms with Crippen LogP contribution in [-0.2, 0) is 0 Å². The fourth-order valence-electron chi connectivity index (χ4n) is 1.71. The van der Waals surface area contributed by atoms with Gasteiger partial charge in [-0.15, -0.1) is 11.3 Å². The molecule has 2 N–H and O–H groups in total. The first-order valence-electron chi connectivity index (χ1n) is 6.05. The molecule has 1 unspecified atom stereocenters. The number of pyridine rings is 1. The first-order valence-corrected chi connectivity index (χ1v) is 6.86. The summed E-state index contributed by atoms with van der Waals surface area (Å²) in [6.45, 7) is 3.88. The summed E-state index contributed by atoms with van der Waals surface area (Å²) in [4.78, 5) is 28.9. The normalized spacial score (nSPS) is 11.9. The van der Waals surface area contributed by atoms with Crippen molar-refractivity contribution in [2.24, 2.45) is 0 Å². The van der Waals surface area contributed by atoms with Gasteiger partial charge in [-0.2, -0.15) is 0 Å². The van der Waals surface area contributed by atoms with Gasteiger partial charge in [-0.05, 0) is 38.1 Å². The summed E-state index contributed by atoms with van der Waals surface area (Å²) in [5.74, 6) is -1.53. The summed E-state index contributed by atoms with van der Waals surface area (Å²) < 4.78 is 0. The Labute approximate surface area is 120 Å². The number of carbonyl (C=O) groups excluding carboxylic acids is 1. The minimum atomic E-state index is -1.15. The molecule has 0 aliphatic heterocycles. The fraction of sp³-hybridized carbons (Fsp3) is 0.214. The van der Waals surface area contributed by atoms with Crippen LogP contribution < -0.4 is 5.32 Å². The average Bonchev–Trinajstić information content (AvgIpc) is 2.85. The molecule has 6 heteroatoms. The van der Waals surface area contributed by atoms with E-state index in [1.807, 2.05) is 26.0 Å². The number of aromatic nitrogens is 1. The summed E-state index contributed by atoms with van der Waals surface area (Å²) in [5.41, 5.74) is -0.0395. The lowest BCUT2D eigenvalue weighted by Crippen LogP contribution is -2.27. The topological polar surface area (TPSA) is 79.3 Å². The number of thiophene rings is 1. The van der Waals surface area contributed by atoms with Crippen molar-refractivity contribution >= 4 is 23.2 Å². The highest BCUT2D eigenvalue weighted by Gasteiger charge is 2.15. The van der Waals surface area contributed by atoms with Crippen molar-refractivity contribution in [2.75, 3.05) is 0 Å². The molecule has 0 aromatic carbocycles. The van der Waals surface area contributed by atoms with Crippen LogP contribution in [0, 0.1) is 6.92 Å². The minimum Gasteiger partial charge on any atom is -0.477 e. The Morgan fingerprint density at radius 1 is 1.25 bits per heavy atom. The molecule has 0 saturated carbocycles. The average molecular weight is 290 g/mol. The van der Waals surface area contributed by atoms with E-state index in [-0.39, 0.29) is 23.3 Å². The van der Waals surface area contributed by atoms with Crippen LogP contribution in [0.3, 0.4) is 0 Å². The van der Waals surface area contributed by atoms with Gasteiger partial charge in [0.2, 0.25) is 0 Å². The lowest BCUT2D eigenvalue weighted by atomic mass is 10.2. The number of amides is 1. The zero-order valence-corrected chi connectivity index (χ0v) is 11.9. The number of rotatable bonds is 4. The third-order valence-electron chi connectivity index (χ3n) is 2.74. The second kappa shape index (κ2) is 5.83. The Hall–Kier alpha value is -2.21. The lowest BCUT2D eigenvalue weighted by molar-refractivity contribution is 0.0690. The van der Waals surface area contributed by atoms with Crippen molar-refractivity contribution in [1.82, 2.24) is 10.3 Å². The van der Waals surface area contributed by atoms with Crippen molar-refractivity contribution in [2.45, 2.75) is 19.9 Å². The highest BCUT2D eigenvalue weighted by Crippen LogP contribution is 2.22. The maximum absolute atomic E-state index is 12.0. The summed E-state index contributed by atoms with van der Waals surface area (Å²) >= 11 is 1.61. The predicted molar refractivity (Wildman–Crippen MR) is 76.1 cm³/mol. The number of nitrogens with zero attached hydrogens (tertiary/aromatic N) is 1. The van der Waals surface area contributed by atoms with Crippen LogP contribution in [0.4, 0.5) is 0 Å². The number of aromatic carboxylic acids is 1. The number of carboxylic acid groups (broad SMARTS) is 1. The third kappa shape index (κ3) is 3.21. The van der Waals surface area contributed by atoms with Crippen LogP contribution >= 0.6 is 11.3 Å². The highest BCUT2D eigenvalue weighted by atomic mass is 32.1. The maximum Gasteiger partial charge on any atom is 0.354 e. The van der Waals surface area contributed by atoms with Crippen molar-refractivity contribution in [3.8, 4) is 0 Å². The molecule has 0 fully saturated rings. The smallest absolute Gasteiger partial charge is 0.354 e. The van der Waals surface area contributed by atoms with Gasteiger partial charge in [0.1, 0.15) is 11.4 Å². The van der Waals surface area contributed by atoms with Gasteiger partial charge in [-0.25, -0.2) is 9.78 Å². The molecule has 104 valence electrons. The summed E-state index contributed by atoms with van der Waals surface area (Å²) in [7, 11) is 0. The Morgan fingerprint density at radius 3 is 2.55 bits per heavy atom. The minimum absolute atomic E-state index is 0.102. The molecule has 1 atom stereocenters. The second-order valence-corrected chi connectivity index (χ2v) is 5.68. The Morgan fingerprint density at radius 2 is 1.95 bits per heavy atom. The van der Waals surface area contributed by atoms with E-state index in [1.165, 1.54) is 23.1 Å². The number of carboxylic acids is 1. The summed E-state index contributed by atoms with van der Waals surface area (Å²) in [6.07, 6.45) is 0. The molecule has 0 aliphatic rings. The highest BCUT2D eigenvalue weighted by molar-refractivity contribution is 7.12. The van der Waals surface area contributed by atoms with Gasteiger partial charge in [0.25, 0.3) is 5.91 Å². The molecule has 0 bridgehead atoms. The molecule has 2 rings (SSSR count). The van der Waals surface area contributed by atoms with Crippen molar-refractivity contribution in [3.05, 3.63) is 51.5 Å². The first kappa shape index (κ1) is 14.2. The fourth-order valence-corrected chi connectivity index (χ4v) is 2.59. The molecule has 5 nitrogen and oxygen atoms in total. The Bertz CT molecular complexity index is 651. The Balaban J connectivity index is 2.12. The van der Waals surface area contributed by atoms with Crippen LogP contribution in [0.1, 0.15) is 43.7 Å². The van der Waals surface area contributed by atoms with Gasteiger partial charge in [-0.3, -0.25) is 4.79 Å². The molecule has 20 heavy (non-hydrogen) atoms. The molecule has 2 aromatic heterocycles. The van der Waals surface area contributed by atoms with Crippen LogP contribution in [0.2, 0.25) is 0 Å². The van der Waals surface area contributed by atoms with E-state index in [1.54, 1.807) is 11.3 Å². The predicted octanol–water partition coefficient (Wildman–Crippen LogP) is 2.64. The van der Waals surface area contributed by atoms with E-state index >= 15 is 0 Å². The van der Waals surface area contributed by atoms with E-state index in [2.05, 4.69) is 10.3 Å². The van der Waals surface area contributed by atoms with Gasteiger partial charge in [0.05, 0.1) is 6.04 Å². The molecular formula is C14H14N2O3S. The van der Waals surface area contributed by atoms with Crippen LogP contribution in [-0.4, -0.2) is 22.0 Å². The maximum atomic E-state index is 12.0. The number of hydrogen-bond donors (Lipinski definition) is 2. The Kier molecular flexibility index (Phi) is 4.14. The molecule has 0 spiro atoms. The molecule has 1 amide bonds.